The Hall–Kier alpha value is -1.36. The summed E-state index contributed by atoms with van der Waals surface area (Å²) in [4.78, 5) is 3.03. The predicted molar refractivity (Wildman–Crippen MR) is 72.7 cm³/mol. The molecule has 1 aromatic heterocycles. The highest BCUT2D eigenvalue weighted by atomic mass is 19.4. The van der Waals surface area contributed by atoms with E-state index in [0.717, 1.165) is 12.3 Å². The third-order valence-electron chi connectivity index (χ3n) is 2.77. The summed E-state index contributed by atoms with van der Waals surface area (Å²) >= 11 is 0. The van der Waals surface area contributed by atoms with Crippen LogP contribution in [0.4, 0.5) is 13.2 Å². The minimum absolute atomic E-state index is 0.159. The van der Waals surface area contributed by atoms with Gasteiger partial charge in [-0.1, -0.05) is 0 Å². The maximum absolute atomic E-state index is 12.0. The number of hydrogen-bond donors (Lipinski definition) is 4. The third kappa shape index (κ3) is 7.60. The highest BCUT2D eigenvalue weighted by molar-refractivity contribution is 6.33. The number of nitrogens with zero attached hydrogens (tertiary/aromatic N) is 1. The fraction of sp³-hybridized carbons (Fsp3) is 0.583. The van der Waals surface area contributed by atoms with Crippen LogP contribution in [0.2, 0.25) is 0 Å². The largest absolute Gasteiger partial charge is 0.707 e. The molecule has 1 rings (SSSR count). The molecule has 126 valence electrons. The van der Waals surface area contributed by atoms with E-state index in [1.165, 1.54) is 0 Å². The summed E-state index contributed by atoms with van der Waals surface area (Å²) in [7, 11) is -2.08. The molecule has 1 aromatic rings. The molecule has 1 heterocycles. The van der Waals surface area contributed by atoms with E-state index in [2.05, 4.69) is 9.64 Å². The summed E-state index contributed by atoms with van der Waals surface area (Å²) in [5.41, 5.74) is -3.09. The number of rotatable bonds is 3. The minimum atomic E-state index is -4.52. The summed E-state index contributed by atoms with van der Waals surface area (Å²) < 4.78 is 40.2. The Labute approximate surface area is 126 Å². The topological polar surface area (TPSA) is 103 Å². The number of alkyl halides is 3. The van der Waals surface area contributed by atoms with Crippen molar-refractivity contribution in [2.75, 3.05) is 0 Å². The molecular formula is C12H19BF3NO5. The van der Waals surface area contributed by atoms with E-state index in [9.17, 15) is 13.2 Å². The Balaban J connectivity index is 0.000000472. The molecule has 0 atom stereocenters. The van der Waals surface area contributed by atoms with Crippen LogP contribution in [0.3, 0.4) is 0 Å². The molecule has 6 nitrogen and oxygen atoms in total. The molecule has 0 aliphatic rings. The lowest BCUT2D eigenvalue weighted by Crippen LogP contribution is -2.44. The van der Waals surface area contributed by atoms with Crippen molar-refractivity contribution >= 4 is 7.32 Å². The molecule has 0 spiro atoms. The number of aromatic nitrogens is 1. The first kappa shape index (κ1) is 20.6. The fourth-order valence-corrected chi connectivity index (χ4v) is 0.739. The van der Waals surface area contributed by atoms with E-state index >= 15 is 0 Å². The Morgan fingerprint density at radius 3 is 1.68 bits per heavy atom. The van der Waals surface area contributed by atoms with Crippen LogP contribution in [0.5, 0.6) is 5.75 Å². The number of halogens is 3. The number of aliphatic hydroxyl groups is 2. The van der Waals surface area contributed by atoms with Crippen molar-refractivity contribution in [3.8, 4) is 5.75 Å². The van der Waals surface area contributed by atoms with Gasteiger partial charge in [-0.2, -0.15) is 13.2 Å². The Bertz CT molecular complexity index is 440. The Kier molecular flexibility index (Phi) is 6.82. The second-order valence-electron chi connectivity index (χ2n) is 5.44. The first-order chi connectivity index (χ1) is 9.64. The Morgan fingerprint density at radius 1 is 1.00 bits per heavy atom. The highest BCUT2D eigenvalue weighted by Crippen LogP contribution is 2.28. The molecule has 0 amide bonds. The van der Waals surface area contributed by atoms with Gasteiger partial charge >= 0.3 is 13.5 Å². The average Bonchev–Trinajstić information content (AvgIpc) is 2.25. The van der Waals surface area contributed by atoms with E-state index in [4.69, 9.17) is 20.3 Å². The Morgan fingerprint density at radius 2 is 1.45 bits per heavy atom. The van der Waals surface area contributed by atoms with Crippen molar-refractivity contribution in [2.45, 2.75) is 45.1 Å². The van der Waals surface area contributed by atoms with Crippen molar-refractivity contribution in [1.82, 2.24) is 4.98 Å². The zero-order valence-corrected chi connectivity index (χ0v) is 12.6. The van der Waals surface area contributed by atoms with Gasteiger partial charge in [-0.05, 0) is 39.8 Å². The van der Waals surface area contributed by atoms with Crippen molar-refractivity contribution in [3.05, 3.63) is 24.0 Å². The molecule has 0 unspecified atom stereocenters. The minimum Gasteiger partial charge on any atom is -0.511 e. The number of hydrogen-bond acceptors (Lipinski definition) is 6. The van der Waals surface area contributed by atoms with Crippen molar-refractivity contribution in [1.29, 1.82) is 0 Å². The van der Waals surface area contributed by atoms with Crippen molar-refractivity contribution in [2.24, 2.45) is 0 Å². The number of pyridine rings is 1. The van der Waals surface area contributed by atoms with Crippen LogP contribution in [-0.2, 0) is 6.18 Å². The van der Waals surface area contributed by atoms with Crippen LogP contribution < -0.4 is 4.65 Å². The van der Waals surface area contributed by atoms with E-state index in [0.29, 0.717) is 6.07 Å². The molecule has 0 saturated heterocycles. The van der Waals surface area contributed by atoms with Crippen LogP contribution in [-0.4, -0.2) is 43.8 Å². The standard InChI is InChI=1S/C6H5BF3NO3.C6H14O2/c8-6(9,10)5-2-1-4(3-11-5)14-7(12)13;1-5(2,7)6(3,4)8/h1-3,12-13H;7-8H,1-4H3. The van der Waals surface area contributed by atoms with Crippen molar-refractivity contribution < 1.29 is 38.1 Å². The van der Waals surface area contributed by atoms with Gasteiger partial charge < -0.3 is 24.9 Å². The average molecular weight is 325 g/mol. The quantitative estimate of drug-likeness (QED) is 0.618. The summed E-state index contributed by atoms with van der Waals surface area (Å²) in [5, 5.41) is 34.8. The SMILES string of the molecule is CC(C)(O)C(C)(C)O.OB(O)Oc1ccc(C(F)(F)F)nc1. The van der Waals surface area contributed by atoms with Gasteiger partial charge in [0, 0.05) is 0 Å². The zero-order valence-electron chi connectivity index (χ0n) is 12.6. The molecule has 4 N–H and O–H groups in total. The lowest BCUT2D eigenvalue weighted by atomic mass is 9.90. The van der Waals surface area contributed by atoms with Crippen LogP contribution in [0, 0.1) is 0 Å². The molecule has 0 aliphatic heterocycles. The van der Waals surface area contributed by atoms with E-state index in [1.54, 1.807) is 27.7 Å². The van der Waals surface area contributed by atoms with Gasteiger partial charge in [0.2, 0.25) is 0 Å². The van der Waals surface area contributed by atoms with Crippen LogP contribution >= 0.6 is 0 Å². The van der Waals surface area contributed by atoms with Crippen LogP contribution in [0.25, 0.3) is 0 Å². The van der Waals surface area contributed by atoms with Gasteiger partial charge in [-0.3, -0.25) is 0 Å². The van der Waals surface area contributed by atoms with Gasteiger partial charge in [-0.25, -0.2) is 4.98 Å². The smallest absolute Gasteiger partial charge is 0.511 e. The molecule has 0 saturated carbocycles. The molecule has 10 heteroatoms. The summed E-state index contributed by atoms with van der Waals surface area (Å²) in [6.07, 6.45) is -3.77. The van der Waals surface area contributed by atoms with Crippen molar-refractivity contribution in [3.63, 3.8) is 0 Å². The van der Waals surface area contributed by atoms with Gasteiger partial charge in [0.1, 0.15) is 11.4 Å². The van der Waals surface area contributed by atoms with E-state index < -0.39 is 30.4 Å². The molecule has 0 aliphatic carbocycles. The van der Waals surface area contributed by atoms with Gasteiger partial charge in [0.05, 0.1) is 17.4 Å². The lowest BCUT2D eigenvalue weighted by Gasteiger charge is -2.31. The molecule has 0 radical (unpaired) electrons. The molecule has 0 aromatic carbocycles. The predicted octanol–water partition coefficient (Wildman–Crippen LogP) is 0.977. The lowest BCUT2D eigenvalue weighted by molar-refractivity contribution is -0.141. The monoisotopic (exact) mass is 325 g/mol. The highest BCUT2D eigenvalue weighted by Gasteiger charge is 2.32. The van der Waals surface area contributed by atoms with Crippen LogP contribution in [0.15, 0.2) is 18.3 Å². The second kappa shape index (κ2) is 7.27. The first-order valence-electron chi connectivity index (χ1n) is 6.15. The van der Waals surface area contributed by atoms with E-state index in [-0.39, 0.29) is 5.75 Å². The molecule has 22 heavy (non-hydrogen) atoms. The fourth-order valence-electron chi connectivity index (χ4n) is 0.739. The van der Waals surface area contributed by atoms with Gasteiger partial charge in [0.25, 0.3) is 0 Å². The first-order valence-corrected chi connectivity index (χ1v) is 6.15. The normalized spacial score (nSPS) is 12.3. The second-order valence-corrected chi connectivity index (χ2v) is 5.44. The molecule has 0 fully saturated rings. The summed E-state index contributed by atoms with van der Waals surface area (Å²) in [6.45, 7) is 6.31. The summed E-state index contributed by atoms with van der Waals surface area (Å²) in [5.74, 6) is -0.159. The maximum Gasteiger partial charge on any atom is 0.707 e. The third-order valence-corrected chi connectivity index (χ3v) is 2.77. The van der Waals surface area contributed by atoms with Gasteiger partial charge in [-0.15, -0.1) is 0 Å². The van der Waals surface area contributed by atoms with Crippen LogP contribution in [0.1, 0.15) is 33.4 Å². The maximum atomic E-state index is 12.0. The van der Waals surface area contributed by atoms with Gasteiger partial charge in [0.15, 0.2) is 0 Å². The molecule has 0 bridgehead atoms. The molecular weight excluding hydrogens is 306 g/mol. The van der Waals surface area contributed by atoms with E-state index in [1.807, 2.05) is 0 Å². The zero-order chi connectivity index (χ0) is 17.8. The summed E-state index contributed by atoms with van der Waals surface area (Å²) in [6, 6.07) is 1.62.